The topological polar surface area (TPSA) is 32.6 Å². The van der Waals surface area contributed by atoms with Gasteiger partial charge < -0.3 is 13.7 Å². The molecule has 0 N–H and O–H groups in total. The molecule has 0 aliphatic heterocycles. The molecular weight excluding hydrogens is 611 g/mol. The van der Waals surface area contributed by atoms with Crippen molar-refractivity contribution in [2.75, 3.05) is 0 Å². The van der Waals surface area contributed by atoms with Crippen LogP contribution in [-0.2, 0) is 0 Å². The van der Waals surface area contributed by atoms with Gasteiger partial charge in [0.2, 0.25) is 0 Å². The van der Waals surface area contributed by atoms with Gasteiger partial charge in [0.25, 0.3) is 0 Å². The number of hydrogen-bond donors (Lipinski definition) is 0. The van der Waals surface area contributed by atoms with Gasteiger partial charge in [0.15, 0.2) is 0 Å². The highest BCUT2D eigenvalue weighted by atomic mass is 15.1. The van der Waals surface area contributed by atoms with Gasteiger partial charge >= 0.3 is 0 Å². The molecule has 11 rings (SSSR count). The first kappa shape index (κ1) is 27.1. The smallest absolute Gasteiger partial charge is 0.139 e. The van der Waals surface area contributed by atoms with E-state index < -0.39 is 0 Å². The van der Waals surface area contributed by atoms with E-state index in [1.807, 2.05) is 6.20 Å². The van der Waals surface area contributed by atoms with Crippen molar-refractivity contribution >= 4 is 65.4 Å². The minimum Gasteiger partial charge on any atom is -0.315 e. The van der Waals surface area contributed by atoms with Gasteiger partial charge in [-0.1, -0.05) is 97.1 Å². The lowest BCUT2D eigenvalue weighted by Crippen LogP contribution is -2.03. The maximum absolute atomic E-state index is 5.10. The molecule has 0 aliphatic rings. The molecule has 0 aliphatic carbocycles. The van der Waals surface area contributed by atoms with Crippen LogP contribution in [0.25, 0.3) is 88.3 Å². The van der Waals surface area contributed by atoms with Crippen molar-refractivity contribution in [1.29, 1.82) is 0 Å². The zero-order valence-corrected chi connectivity index (χ0v) is 27.0. The monoisotopic (exact) mass is 639 g/mol. The van der Waals surface area contributed by atoms with E-state index >= 15 is 0 Å². The van der Waals surface area contributed by atoms with Crippen molar-refractivity contribution in [3.63, 3.8) is 0 Å². The highest BCUT2D eigenvalue weighted by molar-refractivity contribution is 6.19. The predicted molar refractivity (Wildman–Crippen MR) is 207 cm³/mol. The summed E-state index contributed by atoms with van der Waals surface area (Å²) in [6, 6.07) is 56.4. The summed E-state index contributed by atoms with van der Waals surface area (Å²) in [5, 5.41) is 7.25. The molecule has 5 nitrogen and oxygen atoms in total. The van der Waals surface area contributed by atoms with Gasteiger partial charge in [-0.25, -0.2) is 4.98 Å². The molecule has 0 unspecified atom stereocenters. The van der Waals surface area contributed by atoms with E-state index in [4.69, 9.17) is 4.98 Å². The lowest BCUT2D eigenvalue weighted by molar-refractivity contribution is 1.05. The lowest BCUT2D eigenvalue weighted by Gasteiger charge is -2.14. The number of benzene rings is 6. The number of hydrogen-bond acceptors (Lipinski definition) is 1. The van der Waals surface area contributed by atoms with Crippen LogP contribution in [0.4, 0.5) is 0 Å². The van der Waals surface area contributed by atoms with E-state index in [2.05, 4.69) is 188 Å². The molecule has 0 radical (unpaired) electrons. The maximum Gasteiger partial charge on any atom is 0.139 e. The van der Waals surface area contributed by atoms with Crippen molar-refractivity contribution in [1.82, 2.24) is 23.3 Å². The number of aromatic nitrogens is 5. The van der Waals surface area contributed by atoms with E-state index in [1.165, 1.54) is 43.4 Å². The molecule has 5 aromatic heterocycles. The third kappa shape index (κ3) is 3.74. The zero-order valence-electron chi connectivity index (χ0n) is 27.0. The zero-order chi connectivity index (χ0) is 32.8. The van der Waals surface area contributed by atoms with E-state index in [0.29, 0.717) is 0 Å². The average Bonchev–Trinajstić information content (AvgIpc) is 3.96. The van der Waals surface area contributed by atoms with Gasteiger partial charge in [0.1, 0.15) is 5.82 Å². The van der Waals surface area contributed by atoms with Gasteiger partial charge in [-0.3, -0.25) is 4.57 Å². The minimum absolute atomic E-state index is 0.874. The van der Waals surface area contributed by atoms with Crippen molar-refractivity contribution in [3.05, 3.63) is 176 Å². The van der Waals surface area contributed by atoms with Crippen LogP contribution >= 0.6 is 0 Å². The fourth-order valence-corrected chi connectivity index (χ4v) is 8.13. The third-order valence-corrected chi connectivity index (χ3v) is 10.3. The fourth-order valence-electron chi connectivity index (χ4n) is 8.13. The van der Waals surface area contributed by atoms with E-state index in [9.17, 15) is 0 Å². The number of para-hydroxylation sites is 4. The van der Waals surface area contributed by atoms with Gasteiger partial charge in [-0.05, 0) is 54.6 Å². The quantitative estimate of drug-likeness (QED) is 0.189. The Labute approximate surface area is 287 Å². The normalized spacial score (nSPS) is 12.0. The van der Waals surface area contributed by atoms with Crippen molar-refractivity contribution in [2.45, 2.75) is 0 Å². The second-order valence-corrected chi connectivity index (χ2v) is 12.9. The molecule has 50 heavy (non-hydrogen) atoms. The first-order valence-corrected chi connectivity index (χ1v) is 17.0. The molecule has 5 heterocycles. The van der Waals surface area contributed by atoms with Gasteiger partial charge in [-0.2, -0.15) is 0 Å². The number of pyridine rings is 1. The summed E-state index contributed by atoms with van der Waals surface area (Å²) < 4.78 is 9.40. The summed E-state index contributed by atoms with van der Waals surface area (Å²) in [7, 11) is 0. The first-order chi connectivity index (χ1) is 24.8. The van der Waals surface area contributed by atoms with E-state index in [1.54, 1.807) is 0 Å². The van der Waals surface area contributed by atoms with Crippen LogP contribution in [0.3, 0.4) is 0 Å². The standard InChI is InChI=1S/C45H29N5/c1-3-11-32(12-4-1)47-27-24-30-19-21-37-35-15-7-9-17-39(35)49(44(37)42(30)47)34-23-26-46-41(29-34)50-40-18-10-8-16-36(40)38-22-20-31-25-28-48(43(31)45(38)50)33-13-5-2-6-14-33/h1-29H. The Morgan fingerprint density at radius 3 is 1.44 bits per heavy atom. The first-order valence-electron chi connectivity index (χ1n) is 17.0. The average molecular weight is 640 g/mol. The molecule has 0 fully saturated rings. The van der Waals surface area contributed by atoms with E-state index in [0.717, 1.165) is 44.9 Å². The summed E-state index contributed by atoms with van der Waals surface area (Å²) in [5.74, 6) is 0.874. The molecule has 5 heteroatoms. The molecule has 11 aromatic rings. The Kier molecular flexibility index (Phi) is 5.60. The molecular formula is C45H29N5. The van der Waals surface area contributed by atoms with Crippen LogP contribution in [0.15, 0.2) is 176 Å². The summed E-state index contributed by atoms with van der Waals surface area (Å²) in [4.78, 5) is 5.10. The highest BCUT2D eigenvalue weighted by Gasteiger charge is 2.21. The van der Waals surface area contributed by atoms with Gasteiger partial charge in [0, 0.05) is 68.3 Å². The molecule has 0 bridgehead atoms. The Balaban J connectivity index is 1.24. The largest absolute Gasteiger partial charge is 0.315 e. The van der Waals surface area contributed by atoms with Crippen molar-refractivity contribution in [3.8, 4) is 22.9 Å². The summed E-state index contributed by atoms with van der Waals surface area (Å²) in [5.41, 5.74) is 10.3. The maximum atomic E-state index is 5.10. The van der Waals surface area contributed by atoms with Crippen LogP contribution in [0.5, 0.6) is 0 Å². The summed E-state index contributed by atoms with van der Waals surface area (Å²) in [6.45, 7) is 0. The summed E-state index contributed by atoms with van der Waals surface area (Å²) >= 11 is 0. The van der Waals surface area contributed by atoms with Crippen LogP contribution in [0.2, 0.25) is 0 Å². The molecule has 0 atom stereocenters. The lowest BCUT2D eigenvalue weighted by atomic mass is 10.1. The minimum atomic E-state index is 0.874. The molecule has 6 aromatic carbocycles. The number of rotatable bonds is 4. The Bertz CT molecular complexity index is 2880. The number of nitrogens with zero attached hydrogens (tertiary/aromatic N) is 5. The highest BCUT2D eigenvalue weighted by Crippen LogP contribution is 2.40. The van der Waals surface area contributed by atoms with Crippen LogP contribution in [0, 0.1) is 0 Å². The fraction of sp³-hybridized carbons (Fsp3) is 0. The Morgan fingerprint density at radius 1 is 0.360 bits per heavy atom. The third-order valence-electron chi connectivity index (χ3n) is 10.3. The van der Waals surface area contributed by atoms with Crippen molar-refractivity contribution in [2.24, 2.45) is 0 Å². The van der Waals surface area contributed by atoms with Crippen LogP contribution < -0.4 is 0 Å². The molecule has 234 valence electrons. The van der Waals surface area contributed by atoms with Crippen LogP contribution in [0.1, 0.15) is 0 Å². The predicted octanol–water partition coefficient (Wildman–Crippen LogP) is 11.2. The Hall–Kier alpha value is -6.85. The second-order valence-electron chi connectivity index (χ2n) is 12.9. The SMILES string of the molecule is c1ccc(-n2ccc3ccc4c5ccccc5n(-c5ccnc(-n6c7ccccc7c7ccc8ccn(-c9ccccc9)c8c76)c5)c4c32)cc1. The molecule has 0 amide bonds. The Morgan fingerprint density at radius 2 is 0.860 bits per heavy atom. The number of fused-ring (bicyclic) bond motifs is 10. The van der Waals surface area contributed by atoms with Crippen LogP contribution in [-0.4, -0.2) is 23.3 Å². The molecule has 0 spiro atoms. The van der Waals surface area contributed by atoms with Gasteiger partial charge in [-0.15, -0.1) is 0 Å². The summed E-state index contributed by atoms with van der Waals surface area (Å²) in [6.07, 6.45) is 6.32. The van der Waals surface area contributed by atoms with Gasteiger partial charge in [0.05, 0.1) is 38.8 Å². The second kappa shape index (κ2) is 10.3. The van der Waals surface area contributed by atoms with Crippen molar-refractivity contribution < 1.29 is 0 Å². The molecule has 0 saturated heterocycles. The molecule has 0 saturated carbocycles. The van der Waals surface area contributed by atoms with E-state index in [-0.39, 0.29) is 0 Å².